The summed E-state index contributed by atoms with van der Waals surface area (Å²) in [4.78, 5) is 0. The molecule has 0 radical (unpaired) electrons. The minimum atomic E-state index is 0.653. The first kappa shape index (κ1) is 29.4. The number of para-hydroxylation sites is 4. The minimum Gasteiger partial charge on any atom is -0.456 e. The first-order chi connectivity index (χ1) is 26.2. The van der Waals surface area contributed by atoms with E-state index in [0.29, 0.717) is 5.56 Å². The molecule has 0 atom stereocenters. The number of nitrogens with zero attached hydrogens (tertiary/aromatic N) is 3. The fourth-order valence-electron chi connectivity index (χ4n) is 8.35. The maximum atomic E-state index is 9.52. The SMILES string of the molecule is N#Cc1cccc(-c2ccc(-c3ccc(-n4c5ccccc5c5ccccc54)cc3-n3c4ccccc4c4cc5oc6ccccc6c5cc43)cc2)c1. The molecule has 246 valence electrons. The molecule has 0 amide bonds. The lowest BCUT2D eigenvalue weighted by Crippen LogP contribution is -2.01. The zero-order valence-corrected chi connectivity index (χ0v) is 28.5. The van der Waals surface area contributed by atoms with Gasteiger partial charge >= 0.3 is 0 Å². The molecule has 0 spiro atoms. The molecule has 0 fully saturated rings. The largest absolute Gasteiger partial charge is 0.456 e. The van der Waals surface area contributed by atoms with E-state index in [1.165, 1.54) is 27.2 Å². The van der Waals surface area contributed by atoms with E-state index < -0.39 is 0 Å². The zero-order chi connectivity index (χ0) is 35.0. The van der Waals surface area contributed by atoms with Crippen LogP contribution in [0.15, 0.2) is 180 Å². The van der Waals surface area contributed by atoms with Crippen LogP contribution in [0.2, 0.25) is 0 Å². The molecule has 53 heavy (non-hydrogen) atoms. The summed E-state index contributed by atoms with van der Waals surface area (Å²) in [5.41, 5.74) is 13.5. The summed E-state index contributed by atoms with van der Waals surface area (Å²) < 4.78 is 11.2. The molecule has 4 heteroatoms. The van der Waals surface area contributed by atoms with Gasteiger partial charge in [0.1, 0.15) is 11.2 Å². The molecule has 11 rings (SSSR count). The van der Waals surface area contributed by atoms with E-state index in [4.69, 9.17) is 4.42 Å². The molecule has 3 heterocycles. The smallest absolute Gasteiger partial charge is 0.136 e. The van der Waals surface area contributed by atoms with Crippen molar-refractivity contribution >= 4 is 65.6 Å². The fraction of sp³-hybridized carbons (Fsp3) is 0. The third-order valence-corrected chi connectivity index (χ3v) is 10.8. The molecule has 0 saturated carbocycles. The van der Waals surface area contributed by atoms with Crippen molar-refractivity contribution < 1.29 is 4.42 Å². The highest BCUT2D eigenvalue weighted by molar-refractivity contribution is 6.17. The summed E-state index contributed by atoms with van der Waals surface area (Å²) >= 11 is 0. The second-order valence-corrected chi connectivity index (χ2v) is 13.7. The van der Waals surface area contributed by atoms with Crippen molar-refractivity contribution in [3.63, 3.8) is 0 Å². The first-order valence-corrected chi connectivity index (χ1v) is 17.8. The number of benzene rings is 8. The monoisotopic (exact) mass is 675 g/mol. The second-order valence-electron chi connectivity index (χ2n) is 13.7. The zero-order valence-electron chi connectivity index (χ0n) is 28.5. The molecule has 0 unspecified atom stereocenters. The van der Waals surface area contributed by atoms with Crippen molar-refractivity contribution in [1.82, 2.24) is 9.13 Å². The molecular formula is C49H29N3O. The van der Waals surface area contributed by atoms with Gasteiger partial charge in [0.25, 0.3) is 0 Å². The molecule has 4 nitrogen and oxygen atoms in total. The predicted octanol–water partition coefficient (Wildman–Crippen LogP) is 13.0. The summed E-state index contributed by atoms with van der Waals surface area (Å²) in [5.74, 6) is 0. The normalized spacial score (nSPS) is 11.8. The number of nitriles is 1. The molecule has 3 aromatic heterocycles. The highest BCUT2D eigenvalue weighted by Crippen LogP contribution is 2.42. The maximum Gasteiger partial charge on any atom is 0.136 e. The van der Waals surface area contributed by atoms with E-state index in [1.807, 2.05) is 30.3 Å². The Hall–Kier alpha value is -7.35. The highest BCUT2D eigenvalue weighted by atomic mass is 16.3. The van der Waals surface area contributed by atoms with Crippen LogP contribution in [0.5, 0.6) is 0 Å². The number of aromatic nitrogens is 2. The molecule has 0 saturated heterocycles. The Morgan fingerprint density at radius 3 is 1.74 bits per heavy atom. The van der Waals surface area contributed by atoms with E-state index >= 15 is 0 Å². The van der Waals surface area contributed by atoms with Gasteiger partial charge in [-0.25, -0.2) is 0 Å². The summed E-state index contributed by atoms with van der Waals surface area (Å²) in [7, 11) is 0. The van der Waals surface area contributed by atoms with E-state index in [9.17, 15) is 5.26 Å². The predicted molar refractivity (Wildman–Crippen MR) is 218 cm³/mol. The Morgan fingerprint density at radius 2 is 1.02 bits per heavy atom. The Kier molecular flexibility index (Phi) is 6.28. The fourth-order valence-corrected chi connectivity index (χ4v) is 8.35. The summed E-state index contributed by atoms with van der Waals surface area (Å²) in [5, 5.41) is 16.5. The van der Waals surface area contributed by atoms with Gasteiger partial charge in [-0.1, -0.05) is 115 Å². The molecule has 0 aliphatic rings. The first-order valence-electron chi connectivity index (χ1n) is 17.8. The standard InChI is InChI=1S/C49H29N3O/c50-30-31-10-9-11-34(26-31)32-20-22-33(23-21-32)36-25-24-35(51-43-16-5-1-12-37(43)38-13-2-6-17-44(38)51)27-46(36)52-45-18-7-3-14-39(45)41-29-49-42(28-47(41)52)40-15-4-8-19-48(40)53-49/h1-29H. The van der Waals surface area contributed by atoms with Crippen LogP contribution in [0, 0.1) is 11.3 Å². The van der Waals surface area contributed by atoms with Gasteiger partial charge in [-0.15, -0.1) is 0 Å². The number of rotatable bonds is 4. The van der Waals surface area contributed by atoms with Gasteiger partial charge in [0.2, 0.25) is 0 Å². The Morgan fingerprint density at radius 1 is 0.396 bits per heavy atom. The Labute approximate surface area is 304 Å². The van der Waals surface area contributed by atoms with Crippen LogP contribution in [-0.2, 0) is 0 Å². The topological polar surface area (TPSA) is 46.8 Å². The van der Waals surface area contributed by atoms with Crippen LogP contribution >= 0.6 is 0 Å². The molecule has 8 aromatic carbocycles. The lowest BCUT2D eigenvalue weighted by Gasteiger charge is -2.18. The van der Waals surface area contributed by atoms with Crippen LogP contribution in [0.25, 0.3) is 99.2 Å². The molecular weight excluding hydrogens is 647 g/mol. The van der Waals surface area contributed by atoms with Crippen LogP contribution in [0.1, 0.15) is 5.56 Å². The van der Waals surface area contributed by atoms with Gasteiger partial charge in [-0.3, -0.25) is 0 Å². The summed E-state index contributed by atoms with van der Waals surface area (Å²) in [6.07, 6.45) is 0. The maximum absolute atomic E-state index is 9.52. The average Bonchev–Trinajstić information content (AvgIpc) is 3.87. The van der Waals surface area contributed by atoms with Crippen LogP contribution in [0.4, 0.5) is 0 Å². The molecule has 0 aliphatic carbocycles. The van der Waals surface area contributed by atoms with Crippen LogP contribution in [-0.4, -0.2) is 9.13 Å². The van der Waals surface area contributed by atoms with Crippen LogP contribution < -0.4 is 0 Å². The lowest BCUT2D eigenvalue weighted by molar-refractivity contribution is 0.669. The van der Waals surface area contributed by atoms with E-state index in [2.05, 4.69) is 161 Å². The molecule has 11 aromatic rings. The highest BCUT2D eigenvalue weighted by Gasteiger charge is 2.20. The number of hydrogen-bond acceptors (Lipinski definition) is 2. The Bertz CT molecular complexity index is 3240. The van der Waals surface area contributed by atoms with Crippen molar-refractivity contribution in [3.8, 4) is 39.7 Å². The molecule has 0 aliphatic heterocycles. The van der Waals surface area contributed by atoms with Gasteiger partial charge < -0.3 is 13.6 Å². The summed E-state index contributed by atoms with van der Waals surface area (Å²) in [6.45, 7) is 0. The van der Waals surface area contributed by atoms with Crippen LogP contribution in [0.3, 0.4) is 0 Å². The van der Waals surface area contributed by atoms with E-state index in [-0.39, 0.29) is 0 Å². The van der Waals surface area contributed by atoms with Crippen molar-refractivity contribution in [3.05, 3.63) is 181 Å². The van der Waals surface area contributed by atoms with Crippen molar-refractivity contribution in [1.29, 1.82) is 5.26 Å². The van der Waals surface area contributed by atoms with Gasteiger partial charge in [0.15, 0.2) is 0 Å². The van der Waals surface area contributed by atoms with Crippen molar-refractivity contribution in [2.45, 2.75) is 0 Å². The number of furan rings is 1. The average molecular weight is 676 g/mol. The lowest BCUT2D eigenvalue weighted by atomic mass is 9.98. The second kappa shape index (κ2) is 11.3. The van der Waals surface area contributed by atoms with Crippen molar-refractivity contribution in [2.24, 2.45) is 0 Å². The van der Waals surface area contributed by atoms with Crippen molar-refractivity contribution in [2.75, 3.05) is 0 Å². The third kappa shape index (κ3) is 4.41. The number of fused-ring (bicyclic) bond motifs is 9. The van der Waals surface area contributed by atoms with Gasteiger partial charge in [0.05, 0.1) is 39.4 Å². The van der Waals surface area contributed by atoms with Gasteiger partial charge in [0, 0.05) is 43.6 Å². The quantitative estimate of drug-likeness (QED) is 0.186. The van der Waals surface area contributed by atoms with E-state index in [0.717, 1.165) is 72.0 Å². The molecule has 0 bridgehead atoms. The summed E-state index contributed by atoms with van der Waals surface area (Å²) in [6, 6.07) is 64.4. The van der Waals surface area contributed by atoms with E-state index in [1.54, 1.807) is 0 Å². The Balaban J connectivity index is 1.22. The van der Waals surface area contributed by atoms with Gasteiger partial charge in [-0.2, -0.15) is 5.26 Å². The minimum absolute atomic E-state index is 0.653. The third-order valence-electron chi connectivity index (χ3n) is 10.8. The molecule has 0 N–H and O–H groups in total. The van der Waals surface area contributed by atoms with Gasteiger partial charge in [-0.05, 0) is 77.4 Å². The number of hydrogen-bond donors (Lipinski definition) is 0.